The fraction of sp³-hybridized carbons (Fsp3) is 0.214. The first-order valence-corrected chi connectivity index (χ1v) is 5.02. The van der Waals surface area contributed by atoms with E-state index in [1.807, 2.05) is 43.3 Å². The number of hydrogen-bond donors (Lipinski definition) is 0. The number of carbonyl (C=O) groups is 1. The van der Waals surface area contributed by atoms with Crippen LogP contribution in [0.3, 0.4) is 0 Å². The Hall–Kier alpha value is -1.81. The molecule has 0 aliphatic rings. The Labute approximate surface area is 90.8 Å². The molecule has 1 nitrogen and oxygen atoms in total. The van der Waals surface area contributed by atoms with Gasteiger partial charge in [0.2, 0.25) is 5.78 Å². The van der Waals surface area contributed by atoms with Crippen LogP contribution in [0.2, 0.25) is 0 Å². The minimum atomic E-state index is -0.0966. The van der Waals surface area contributed by atoms with Gasteiger partial charge in [0.15, 0.2) is 0 Å². The highest BCUT2D eigenvalue weighted by Gasteiger charge is 1.97. The third-order valence-corrected chi connectivity index (χ3v) is 1.96. The van der Waals surface area contributed by atoms with Gasteiger partial charge in [-0.1, -0.05) is 37.1 Å². The number of allylic oxidation sites excluding steroid dienone is 2. The Morgan fingerprint density at radius 1 is 1.33 bits per heavy atom. The SMILES string of the molecule is CC/C=C(\C)C(=O)C#Cc1ccccc1. The fourth-order valence-electron chi connectivity index (χ4n) is 1.15. The van der Waals surface area contributed by atoms with Crippen molar-refractivity contribution in [3.63, 3.8) is 0 Å². The molecule has 1 heteroatoms. The van der Waals surface area contributed by atoms with Crippen LogP contribution in [0.4, 0.5) is 0 Å². The summed E-state index contributed by atoms with van der Waals surface area (Å²) in [6.45, 7) is 3.80. The van der Waals surface area contributed by atoms with Gasteiger partial charge in [-0.2, -0.15) is 0 Å². The summed E-state index contributed by atoms with van der Waals surface area (Å²) in [5, 5.41) is 0. The van der Waals surface area contributed by atoms with E-state index in [1.165, 1.54) is 0 Å². The van der Waals surface area contributed by atoms with Gasteiger partial charge in [0, 0.05) is 11.1 Å². The predicted octanol–water partition coefficient (Wildman–Crippen LogP) is 2.96. The van der Waals surface area contributed by atoms with Crippen LogP contribution in [0.15, 0.2) is 42.0 Å². The lowest BCUT2D eigenvalue weighted by Gasteiger charge is -1.90. The Balaban J connectivity index is 2.75. The topological polar surface area (TPSA) is 17.1 Å². The molecule has 0 unspecified atom stereocenters. The van der Waals surface area contributed by atoms with Crippen molar-refractivity contribution in [2.24, 2.45) is 0 Å². The minimum absolute atomic E-state index is 0.0966. The molecule has 1 rings (SSSR count). The Morgan fingerprint density at radius 3 is 2.60 bits per heavy atom. The van der Waals surface area contributed by atoms with Crippen LogP contribution >= 0.6 is 0 Å². The fourth-order valence-corrected chi connectivity index (χ4v) is 1.15. The molecular weight excluding hydrogens is 184 g/mol. The van der Waals surface area contributed by atoms with E-state index in [4.69, 9.17) is 0 Å². The van der Waals surface area contributed by atoms with Gasteiger partial charge in [-0.05, 0) is 31.4 Å². The molecule has 0 fully saturated rings. The van der Waals surface area contributed by atoms with Crippen molar-refractivity contribution in [3.8, 4) is 11.8 Å². The zero-order valence-corrected chi connectivity index (χ0v) is 9.08. The first-order chi connectivity index (χ1) is 7.24. The normalized spacial score (nSPS) is 10.4. The quantitative estimate of drug-likeness (QED) is 0.527. The van der Waals surface area contributed by atoms with E-state index in [9.17, 15) is 4.79 Å². The molecule has 0 amide bonds. The molecule has 0 aromatic heterocycles. The van der Waals surface area contributed by atoms with E-state index in [0.29, 0.717) is 0 Å². The number of rotatable bonds is 2. The highest BCUT2D eigenvalue weighted by molar-refractivity contribution is 6.08. The summed E-state index contributed by atoms with van der Waals surface area (Å²) in [5.41, 5.74) is 1.59. The summed E-state index contributed by atoms with van der Waals surface area (Å²) in [7, 11) is 0. The van der Waals surface area contributed by atoms with E-state index in [1.54, 1.807) is 6.92 Å². The Kier molecular flexibility index (Phi) is 4.37. The van der Waals surface area contributed by atoms with Gasteiger partial charge in [0.25, 0.3) is 0 Å². The summed E-state index contributed by atoms with van der Waals surface area (Å²) in [6, 6.07) is 9.51. The first-order valence-electron chi connectivity index (χ1n) is 5.02. The van der Waals surface area contributed by atoms with Crippen molar-refractivity contribution in [3.05, 3.63) is 47.5 Å². The third-order valence-electron chi connectivity index (χ3n) is 1.96. The zero-order chi connectivity index (χ0) is 11.1. The van der Waals surface area contributed by atoms with Crippen molar-refractivity contribution < 1.29 is 4.79 Å². The number of ketones is 1. The van der Waals surface area contributed by atoms with Crippen LogP contribution in [-0.4, -0.2) is 5.78 Å². The second-order valence-electron chi connectivity index (χ2n) is 3.24. The smallest absolute Gasteiger partial charge is 0.231 e. The molecule has 0 atom stereocenters. The van der Waals surface area contributed by atoms with Gasteiger partial charge in [-0.25, -0.2) is 0 Å². The van der Waals surface area contributed by atoms with Gasteiger partial charge >= 0.3 is 0 Å². The van der Waals surface area contributed by atoms with Crippen LogP contribution in [0, 0.1) is 11.8 Å². The molecule has 76 valence electrons. The molecule has 0 spiro atoms. The van der Waals surface area contributed by atoms with Crippen LogP contribution in [0.5, 0.6) is 0 Å². The summed E-state index contributed by atoms with van der Waals surface area (Å²) < 4.78 is 0. The minimum Gasteiger partial charge on any atom is -0.280 e. The van der Waals surface area contributed by atoms with Gasteiger partial charge in [-0.3, -0.25) is 4.79 Å². The highest BCUT2D eigenvalue weighted by Crippen LogP contribution is 1.98. The summed E-state index contributed by atoms with van der Waals surface area (Å²) in [5.74, 6) is 5.37. The number of Topliss-reactive ketones (excluding diaryl/α,β-unsaturated/α-hetero) is 1. The standard InChI is InChI=1S/C14H14O/c1-3-7-12(2)14(15)11-10-13-8-5-4-6-9-13/h4-9H,3H2,1-2H3/b12-7+. The van der Waals surface area contributed by atoms with Gasteiger partial charge in [0.1, 0.15) is 0 Å². The van der Waals surface area contributed by atoms with Crippen LogP contribution in [0.25, 0.3) is 0 Å². The Bertz CT molecular complexity index is 416. The van der Waals surface area contributed by atoms with Crippen molar-refractivity contribution >= 4 is 5.78 Å². The van der Waals surface area contributed by atoms with Crippen LogP contribution in [-0.2, 0) is 4.79 Å². The summed E-state index contributed by atoms with van der Waals surface area (Å²) in [6.07, 6.45) is 2.76. The molecule has 1 aromatic rings. The molecule has 0 aliphatic heterocycles. The van der Waals surface area contributed by atoms with Gasteiger partial charge in [-0.15, -0.1) is 0 Å². The van der Waals surface area contributed by atoms with E-state index >= 15 is 0 Å². The lowest BCUT2D eigenvalue weighted by molar-refractivity contribution is -0.110. The molecule has 0 aliphatic carbocycles. The lowest BCUT2D eigenvalue weighted by atomic mass is 10.1. The number of hydrogen-bond acceptors (Lipinski definition) is 1. The van der Waals surface area contributed by atoms with Gasteiger partial charge < -0.3 is 0 Å². The van der Waals surface area contributed by atoms with E-state index < -0.39 is 0 Å². The molecule has 0 radical (unpaired) electrons. The number of benzene rings is 1. The van der Waals surface area contributed by atoms with Crippen molar-refractivity contribution in [2.75, 3.05) is 0 Å². The summed E-state index contributed by atoms with van der Waals surface area (Å²) in [4.78, 5) is 11.5. The van der Waals surface area contributed by atoms with Crippen molar-refractivity contribution in [1.29, 1.82) is 0 Å². The molecule has 0 saturated carbocycles. The van der Waals surface area contributed by atoms with Crippen LogP contribution < -0.4 is 0 Å². The number of carbonyl (C=O) groups excluding carboxylic acids is 1. The molecule has 0 bridgehead atoms. The maximum atomic E-state index is 11.5. The van der Waals surface area contributed by atoms with Gasteiger partial charge in [0.05, 0.1) is 0 Å². The second-order valence-corrected chi connectivity index (χ2v) is 3.24. The van der Waals surface area contributed by atoms with Crippen molar-refractivity contribution in [2.45, 2.75) is 20.3 Å². The molecular formula is C14H14O. The highest BCUT2D eigenvalue weighted by atomic mass is 16.1. The summed E-state index contributed by atoms with van der Waals surface area (Å²) >= 11 is 0. The zero-order valence-electron chi connectivity index (χ0n) is 9.08. The van der Waals surface area contributed by atoms with Crippen molar-refractivity contribution in [1.82, 2.24) is 0 Å². The second kappa shape index (κ2) is 5.82. The predicted molar refractivity (Wildman–Crippen MR) is 62.4 cm³/mol. The lowest BCUT2D eigenvalue weighted by Crippen LogP contribution is -1.94. The first kappa shape index (κ1) is 11.3. The Morgan fingerprint density at radius 2 is 2.00 bits per heavy atom. The largest absolute Gasteiger partial charge is 0.280 e. The monoisotopic (exact) mass is 198 g/mol. The van der Waals surface area contributed by atoms with E-state index in [-0.39, 0.29) is 5.78 Å². The molecule has 0 saturated heterocycles. The molecule has 0 N–H and O–H groups in total. The average molecular weight is 198 g/mol. The van der Waals surface area contributed by atoms with E-state index in [2.05, 4.69) is 11.8 Å². The maximum Gasteiger partial charge on any atom is 0.231 e. The molecule has 15 heavy (non-hydrogen) atoms. The maximum absolute atomic E-state index is 11.5. The third kappa shape index (κ3) is 3.83. The molecule has 0 heterocycles. The van der Waals surface area contributed by atoms with Crippen LogP contribution in [0.1, 0.15) is 25.8 Å². The molecule has 1 aromatic carbocycles. The van der Waals surface area contributed by atoms with E-state index in [0.717, 1.165) is 17.6 Å². The average Bonchev–Trinajstić information content (AvgIpc) is 2.27.